The van der Waals surface area contributed by atoms with Crippen molar-refractivity contribution in [3.05, 3.63) is 64.0 Å². The number of aromatic nitrogens is 1. The second kappa shape index (κ2) is 7.13. The molecular formula is C19H16FN3O2S. The van der Waals surface area contributed by atoms with Gasteiger partial charge in [-0.25, -0.2) is 9.07 Å². The molecule has 0 N–H and O–H groups in total. The molecule has 0 atom stereocenters. The van der Waals surface area contributed by atoms with Gasteiger partial charge in [-0.15, -0.1) is 11.3 Å². The van der Waals surface area contributed by atoms with E-state index in [0.29, 0.717) is 13.2 Å². The molecular weight excluding hydrogens is 353 g/mol. The predicted octanol–water partition coefficient (Wildman–Crippen LogP) is 3.54. The number of hydrogen-bond donors (Lipinski definition) is 0. The molecule has 0 bridgehead atoms. The molecule has 0 aliphatic carbocycles. The zero-order chi connectivity index (χ0) is 17.9. The van der Waals surface area contributed by atoms with Crippen LogP contribution in [0.1, 0.15) is 5.56 Å². The Morgan fingerprint density at radius 3 is 2.62 bits per heavy atom. The molecule has 1 aliphatic heterocycles. The van der Waals surface area contributed by atoms with Gasteiger partial charge in [-0.1, -0.05) is 0 Å². The molecule has 0 saturated carbocycles. The smallest absolute Gasteiger partial charge is 0.205 e. The molecule has 1 aromatic heterocycles. The largest absolute Gasteiger partial charge is 0.486 e. The molecule has 0 spiro atoms. The Morgan fingerprint density at radius 1 is 1.08 bits per heavy atom. The lowest BCUT2D eigenvalue weighted by Crippen LogP contribution is -2.15. The van der Waals surface area contributed by atoms with Gasteiger partial charge >= 0.3 is 0 Å². The summed E-state index contributed by atoms with van der Waals surface area (Å²) in [7, 11) is 1.72. The summed E-state index contributed by atoms with van der Waals surface area (Å²) in [6.07, 6.45) is 1.74. The van der Waals surface area contributed by atoms with Crippen LogP contribution in [-0.4, -0.2) is 31.2 Å². The van der Waals surface area contributed by atoms with Gasteiger partial charge in [0.2, 0.25) is 4.80 Å². The average molecular weight is 369 g/mol. The van der Waals surface area contributed by atoms with Gasteiger partial charge in [0.1, 0.15) is 19.0 Å². The Labute approximate surface area is 153 Å². The van der Waals surface area contributed by atoms with Crippen molar-refractivity contribution >= 4 is 17.6 Å². The molecule has 0 unspecified atom stereocenters. The van der Waals surface area contributed by atoms with E-state index in [1.807, 2.05) is 23.6 Å². The third-order valence-electron chi connectivity index (χ3n) is 3.91. The maximum Gasteiger partial charge on any atom is 0.205 e. The van der Waals surface area contributed by atoms with E-state index in [2.05, 4.69) is 10.1 Å². The van der Waals surface area contributed by atoms with E-state index in [-0.39, 0.29) is 5.82 Å². The fraction of sp³-hybridized carbons (Fsp3) is 0.158. The highest BCUT2D eigenvalue weighted by atomic mass is 32.1. The summed E-state index contributed by atoms with van der Waals surface area (Å²) in [5.74, 6) is 1.19. The molecule has 5 nitrogen and oxygen atoms in total. The van der Waals surface area contributed by atoms with Crippen LogP contribution in [0.15, 0.2) is 57.9 Å². The van der Waals surface area contributed by atoms with Crippen LogP contribution in [-0.2, 0) is 0 Å². The van der Waals surface area contributed by atoms with Crippen molar-refractivity contribution in [1.29, 1.82) is 0 Å². The number of benzene rings is 2. The highest BCUT2D eigenvalue weighted by molar-refractivity contribution is 7.07. The van der Waals surface area contributed by atoms with Crippen molar-refractivity contribution in [2.45, 2.75) is 0 Å². The molecule has 2 heterocycles. The second-order valence-electron chi connectivity index (χ2n) is 5.59. The maximum absolute atomic E-state index is 13.2. The molecule has 26 heavy (non-hydrogen) atoms. The normalized spacial score (nSPS) is 14.2. The summed E-state index contributed by atoms with van der Waals surface area (Å²) in [4.78, 5) is 5.01. The van der Waals surface area contributed by atoms with E-state index in [1.165, 1.54) is 23.5 Å². The summed E-state index contributed by atoms with van der Waals surface area (Å²) >= 11 is 1.48. The van der Waals surface area contributed by atoms with Crippen LogP contribution in [0.5, 0.6) is 11.5 Å². The van der Waals surface area contributed by atoms with Crippen molar-refractivity contribution < 1.29 is 13.9 Å². The van der Waals surface area contributed by atoms with Crippen molar-refractivity contribution in [2.24, 2.45) is 10.1 Å². The molecule has 1 aliphatic rings. The van der Waals surface area contributed by atoms with Crippen molar-refractivity contribution in [1.82, 2.24) is 4.68 Å². The summed E-state index contributed by atoms with van der Waals surface area (Å²) in [5, 5.41) is 6.53. The fourth-order valence-corrected chi connectivity index (χ4v) is 3.45. The Balaban J connectivity index is 1.70. The van der Waals surface area contributed by atoms with Crippen LogP contribution in [0.25, 0.3) is 11.3 Å². The van der Waals surface area contributed by atoms with E-state index in [1.54, 1.807) is 30.1 Å². The van der Waals surface area contributed by atoms with Crippen molar-refractivity contribution in [3.8, 4) is 22.8 Å². The maximum atomic E-state index is 13.2. The first-order valence-electron chi connectivity index (χ1n) is 8.08. The minimum Gasteiger partial charge on any atom is -0.486 e. The first-order valence-corrected chi connectivity index (χ1v) is 8.96. The zero-order valence-electron chi connectivity index (χ0n) is 14.1. The van der Waals surface area contributed by atoms with Gasteiger partial charge in [0.25, 0.3) is 0 Å². The Bertz CT molecular complexity index is 1020. The van der Waals surface area contributed by atoms with E-state index in [9.17, 15) is 4.39 Å². The molecule has 0 saturated heterocycles. The molecule has 0 fully saturated rings. The zero-order valence-corrected chi connectivity index (χ0v) is 14.9. The summed E-state index contributed by atoms with van der Waals surface area (Å²) in [6, 6.07) is 12.0. The van der Waals surface area contributed by atoms with E-state index in [4.69, 9.17) is 9.47 Å². The summed E-state index contributed by atoms with van der Waals surface area (Å²) < 4.78 is 26.1. The number of thiazole rings is 1. The SMILES string of the molecule is CN=c1scc(-c2ccc(F)cc2)n1/N=C\c1ccc2c(c1)OCCO2. The lowest BCUT2D eigenvalue weighted by molar-refractivity contribution is 0.171. The third kappa shape index (κ3) is 3.25. The topological polar surface area (TPSA) is 48.1 Å². The van der Waals surface area contributed by atoms with Crippen LogP contribution in [0.4, 0.5) is 4.39 Å². The lowest BCUT2D eigenvalue weighted by atomic mass is 10.2. The van der Waals surface area contributed by atoms with Crippen LogP contribution in [0.2, 0.25) is 0 Å². The predicted molar refractivity (Wildman–Crippen MR) is 99.6 cm³/mol. The van der Waals surface area contributed by atoms with Crippen LogP contribution >= 0.6 is 11.3 Å². The van der Waals surface area contributed by atoms with Gasteiger partial charge in [0.15, 0.2) is 11.5 Å². The molecule has 0 radical (unpaired) electrons. The molecule has 7 heteroatoms. The standard InChI is InChI=1S/C19H16FN3O2S/c1-21-19-23(16(12-26-19)14-3-5-15(20)6-4-14)22-11-13-2-7-17-18(10-13)25-9-8-24-17/h2-7,10-12H,8-9H2,1H3/b21-19?,22-11-. The van der Waals surface area contributed by atoms with Gasteiger partial charge in [-0.05, 0) is 48.0 Å². The molecule has 2 aromatic carbocycles. The van der Waals surface area contributed by atoms with E-state index >= 15 is 0 Å². The van der Waals surface area contributed by atoms with Crippen LogP contribution < -0.4 is 14.3 Å². The number of hydrogen-bond acceptors (Lipinski definition) is 5. The summed E-state index contributed by atoms with van der Waals surface area (Å²) in [5.41, 5.74) is 2.61. The molecule has 132 valence electrons. The molecule has 0 amide bonds. The van der Waals surface area contributed by atoms with Crippen LogP contribution in [0, 0.1) is 5.82 Å². The minimum absolute atomic E-state index is 0.268. The van der Waals surface area contributed by atoms with Gasteiger partial charge in [-0.2, -0.15) is 5.10 Å². The molecule has 3 aromatic rings. The average Bonchev–Trinajstić information content (AvgIpc) is 3.09. The number of rotatable bonds is 3. The van der Waals surface area contributed by atoms with Gasteiger partial charge in [0, 0.05) is 18.0 Å². The minimum atomic E-state index is -0.268. The highest BCUT2D eigenvalue weighted by Gasteiger charge is 2.11. The van der Waals surface area contributed by atoms with Crippen molar-refractivity contribution in [3.63, 3.8) is 0 Å². The first kappa shape index (κ1) is 16.5. The van der Waals surface area contributed by atoms with E-state index in [0.717, 1.165) is 33.1 Å². The van der Waals surface area contributed by atoms with Gasteiger partial charge in [-0.3, -0.25) is 4.99 Å². The lowest BCUT2D eigenvalue weighted by Gasteiger charge is -2.18. The number of fused-ring (bicyclic) bond motifs is 1. The Hall–Kier alpha value is -2.93. The van der Waals surface area contributed by atoms with E-state index < -0.39 is 0 Å². The molecule has 4 rings (SSSR count). The number of nitrogens with zero attached hydrogens (tertiary/aromatic N) is 3. The number of halogens is 1. The van der Waals surface area contributed by atoms with Crippen molar-refractivity contribution in [2.75, 3.05) is 20.3 Å². The number of ether oxygens (including phenoxy) is 2. The second-order valence-corrected chi connectivity index (χ2v) is 6.43. The van der Waals surface area contributed by atoms with Gasteiger partial charge < -0.3 is 9.47 Å². The third-order valence-corrected chi connectivity index (χ3v) is 4.81. The van der Waals surface area contributed by atoms with Crippen LogP contribution in [0.3, 0.4) is 0 Å². The Kier molecular flexibility index (Phi) is 4.53. The summed E-state index contributed by atoms with van der Waals surface area (Å²) in [6.45, 7) is 1.11. The quantitative estimate of drug-likeness (QED) is 0.663. The highest BCUT2D eigenvalue weighted by Crippen LogP contribution is 2.30. The Morgan fingerprint density at radius 2 is 1.85 bits per heavy atom. The monoisotopic (exact) mass is 369 g/mol. The fourth-order valence-electron chi connectivity index (χ4n) is 2.65. The van der Waals surface area contributed by atoms with Gasteiger partial charge in [0.05, 0.1) is 11.9 Å². The first-order chi connectivity index (χ1) is 12.7.